The van der Waals surface area contributed by atoms with Crippen LogP contribution >= 0.6 is 0 Å². The Kier molecular flexibility index (Phi) is 5.32. The maximum absolute atomic E-state index is 13.1. The van der Waals surface area contributed by atoms with Crippen LogP contribution in [-0.4, -0.2) is 84.2 Å². The van der Waals surface area contributed by atoms with Gasteiger partial charge < -0.3 is 19.4 Å². The summed E-state index contributed by atoms with van der Waals surface area (Å²) in [7, 11) is 2.13. The molecule has 1 spiro atoms. The molecule has 7 heteroatoms. The first kappa shape index (κ1) is 18.6. The van der Waals surface area contributed by atoms with Gasteiger partial charge in [-0.05, 0) is 46.1 Å². The van der Waals surface area contributed by atoms with Gasteiger partial charge >= 0.3 is 0 Å². The Balaban J connectivity index is 1.44. The molecule has 3 aliphatic rings. The summed E-state index contributed by atoms with van der Waals surface area (Å²) in [4.78, 5) is 28.8. The van der Waals surface area contributed by atoms with E-state index in [4.69, 9.17) is 4.74 Å². The summed E-state index contributed by atoms with van der Waals surface area (Å²) in [6, 6.07) is 0. The molecule has 7 nitrogen and oxygen atoms in total. The van der Waals surface area contributed by atoms with Crippen LogP contribution in [0, 0.1) is 6.92 Å². The summed E-state index contributed by atoms with van der Waals surface area (Å²) in [5, 5.41) is 0. The minimum absolute atomic E-state index is 0.0197. The monoisotopic (exact) mass is 373 g/mol. The molecule has 0 unspecified atom stereocenters. The van der Waals surface area contributed by atoms with E-state index in [1.54, 1.807) is 6.20 Å². The van der Waals surface area contributed by atoms with Gasteiger partial charge in [-0.15, -0.1) is 0 Å². The van der Waals surface area contributed by atoms with Gasteiger partial charge in [-0.3, -0.25) is 4.79 Å². The van der Waals surface area contributed by atoms with Crippen LogP contribution < -0.4 is 4.90 Å². The zero-order chi connectivity index (χ0) is 18.9. The van der Waals surface area contributed by atoms with Crippen LogP contribution in [0.4, 0.5) is 5.95 Å². The van der Waals surface area contributed by atoms with E-state index < -0.39 is 0 Å². The van der Waals surface area contributed by atoms with Crippen LogP contribution in [0.15, 0.2) is 6.20 Å². The van der Waals surface area contributed by atoms with E-state index in [9.17, 15) is 4.79 Å². The second kappa shape index (κ2) is 7.72. The highest BCUT2D eigenvalue weighted by Gasteiger charge is 2.37. The fourth-order valence-corrected chi connectivity index (χ4v) is 4.51. The Labute approximate surface area is 161 Å². The fraction of sp³-hybridized carbons (Fsp3) is 0.750. The summed E-state index contributed by atoms with van der Waals surface area (Å²) >= 11 is 0. The predicted octanol–water partition coefficient (Wildman–Crippen LogP) is 1.71. The second-order valence-electron chi connectivity index (χ2n) is 8.24. The van der Waals surface area contributed by atoms with Gasteiger partial charge in [0, 0.05) is 52.1 Å². The van der Waals surface area contributed by atoms with Gasteiger partial charge in [0.2, 0.25) is 5.95 Å². The van der Waals surface area contributed by atoms with Crippen molar-refractivity contribution >= 4 is 11.9 Å². The van der Waals surface area contributed by atoms with Gasteiger partial charge in [0.25, 0.3) is 5.91 Å². The highest BCUT2D eigenvalue weighted by atomic mass is 16.5. The maximum atomic E-state index is 13.1. The zero-order valence-corrected chi connectivity index (χ0v) is 16.6. The Bertz CT molecular complexity index is 681. The van der Waals surface area contributed by atoms with Gasteiger partial charge in [-0.2, -0.15) is 0 Å². The highest BCUT2D eigenvalue weighted by molar-refractivity contribution is 5.95. The van der Waals surface area contributed by atoms with E-state index in [2.05, 4.69) is 26.8 Å². The lowest BCUT2D eigenvalue weighted by Gasteiger charge is -2.32. The Morgan fingerprint density at radius 2 is 1.85 bits per heavy atom. The van der Waals surface area contributed by atoms with Crippen molar-refractivity contribution in [2.24, 2.45) is 0 Å². The summed E-state index contributed by atoms with van der Waals surface area (Å²) in [5.41, 5.74) is 1.43. The molecular formula is C20H31N5O2. The van der Waals surface area contributed by atoms with E-state index >= 15 is 0 Å². The molecule has 148 valence electrons. The number of piperazine rings is 1. The zero-order valence-electron chi connectivity index (χ0n) is 16.6. The lowest BCUT2D eigenvalue weighted by Crippen LogP contribution is -2.45. The van der Waals surface area contributed by atoms with Gasteiger partial charge in [0.1, 0.15) is 0 Å². The molecule has 1 atom stereocenters. The number of carbonyl (C=O) groups excluding carboxylic acids is 1. The first-order valence-electron chi connectivity index (χ1n) is 10.3. The average Bonchev–Trinajstić information content (AvgIpc) is 3.02. The number of aromatic nitrogens is 2. The molecule has 3 fully saturated rings. The molecule has 0 saturated carbocycles. The molecule has 0 radical (unpaired) electrons. The minimum Gasteiger partial charge on any atom is -0.375 e. The number of ether oxygens (including phenoxy) is 1. The number of carbonyl (C=O) groups is 1. The summed E-state index contributed by atoms with van der Waals surface area (Å²) in [5.74, 6) is 0.804. The predicted molar refractivity (Wildman–Crippen MR) is 104 cm³/mol. The van der Waals surface area contributed by atoms with Crippen molar-refractivity contribution in [3.8, 4) is 0 Å². The first-order valence-corrected chi connectivity index (χ1v) is 10.3. The van der Waals surface area contributed by atoms with Crippen LogP contribution in [-0.2, 0) is 4.74 Å². The number of rotatable bonds is 2. The number of anilines is 1. The lowest BCUT2D eigenvalue weighted by molar-refractivity contribution is -0.00692. The van der Waals surface area contributed by atoms with E-state index in [1.165, 1.54) is 0 Å². The molecule has 4 rings (SSSR count). The molecule has 0 aliphatic carbocycles. The standard InChI is InChI=1S/C20H31N5O2/c1-16-17(15-21-19(22-16)25-12-10-23(2)11-13-25)18(26)24-8-3-5-20(7-9-24)6-4-14-27-20/h15H,3-14H2,1-2H3/t20-/m1/s1. The van der Waals surface area contributed by atoms with Crippen LogP contribution in [0.1, 0.15) is 48.2 Å². The van der Waals surface area contributed by atoms with Crippen LogP contribution in [0.25, 0.3) is 0 Å². The number of likely N-dealkylation sites (tertiary alicyclic amines) is 1. The third-order valence-electron chi connectivity index (χ3n) is 6.35. The number of hydrogen-bond acceptors (Lipinski definition) is 6. The number of likely N-dealkylation sites (N-methyl/N-ethyl adjacent to an activating group) is 1. The highest BCUT2D eigenvalue weighted by Crippen LogP contribution is 2.35. The lowest BCUT2D eigenvalue weighted by atomic mass is 9.92. The summed E-state index contributed by atoms with van der Waals surface area (Å²) in [6.07, 6.45) is 7.02. The van der Waals surface area contributed by atoms with Gasteiger partial charge in [-0.25, -0.2) is 9.97 Å². The summed E-state index contributed by atoms with van der Waals surface area (Å²) < 4.78 is 6.04. The SMILES string of the molecule is Cc1nc(N2CCN(C)CC2)ncc1C(=O)N1CCC[C@@]2(CCCO2)CC1. The minimum atomic E-state index is 0.0197. The molecule has 3 aliphatic heterocycles. The van der Waals surface area contributed by atoms with Crippen LogP contribution in [0.2, 0.25) is 0 Å². The van der Waals surface area contributed by atoms with Crippen LogP contribution in [0.5, 0.6) is 0 Å². The molecule has 1 aromatic heterocycles. The summed E-state index contributed by atoms with van der Waals surface area (Å²) in [6.45, 7) is 8.24. The van der Waals surface area contributed by atoms with E-state index in [0.717, 1.165) is 89.6 Å². The van der Waals surface area contributed by atoms with Gasteiger partial charge in [-0.1, -0.05) is 0 Å². The van der Waals surface area contributed by atoms with Crippen molar-refractivity contribution < 1.29 is 9.53 Å². The molecule has 1 amide bonds. The molecule has 4 heterocycles. The Hall–Kier alpha value is -1.73. The largest absolute Gasteiger partial charge is 0.375 e. The normalized spacial score (nSPS) is 27.2. The van der Waals surface area contributed by atoms with E-state index in [0.29, 0.717) is 5.56 Å². The van der Waals surface area contributed by atoms with Gasteiger partial charge in [0.05, 0.1) is 16.9 Å². The quantitative estimate of drug-likeness (QED) is 0.787. The first-order chi connectivity index (χ1) is 13.1. The fourth-order valence-electron chi connectivity index (χ4n) is 4.51. The molecule has 0 bridgehead atoms. The topological polar surface area (TPSA) is 61.8 Å². The molecule has 0 aromatic carbocycles. The van der Waals surface area contributed by atoms with Crippen LogP contribution in [0.3, 0.4) is 0 Å². The van der Waals surface area contributed by atoms with E-state index in [-0.39, 0.29) is 11.5 Å². The smallest absolute Gasteiger partial charge is 0.257 e. The molecule has 1 aromatic rings. The molecule has 0 N–H and O–H groups in total. The number of amides is 1. The molecular weight excluding hydrogens is 342 g/mol. The van der Waals surface area contributed by atoms with Gasteiger partial charge in [0.15, 0.2) is 0 Å². The van der Waals surface area contributed by atoms with Crippen molar-refractivity contribution in [3.05, 3.63) is 17.5 Å². The molecule has 27 heavy (non-hydrogen) atoms. The third kappa shape index (κ3) is 3.94. The van der Waals surface area contributed by atoms with Crippen molar-refractivity contribution in [2.45, 2.75) is 44.6 Å². The third-order valence-corrected chi connectivity index (χ3v) is 6.35. The number of hydrogen-bond donors (Lipinski definition) is 0. The average molecular weight is 374 g/mol. The van der Waals surface area contributed by atoms with Crippen molar-refractivity contribution in [3.63, 3.8) is 0 Å². The maximum Gasteiger partial charge on any atom is 0.257 e. The Morgan fingerprint density at radius 3 is 2.56 bits per heavy atom. The molecule has 3 saturated heterocycles. The van der Waals surface area contributed by atoms with Crippen molar-refractivity contribution in [2.75, 3.05) is 57.8 Å². The number of aryl methyl sites for hydroxylation is 1. The van der Waals surface area contributed by atoms with Crippen molar-refractivity contribution in [1.82, 2.24) is 19.8 Å². The van der Waals surface area contributed by atoms with E-state index in [1.807, 2.05) is 11.8 Å². The number of nitrogens with zero attached hydrogens (tertiary/aromatic N) is 5. The Morgan fingerprint density at radius 1 is 1.07 bits per heavy atom. The second-order valence-corrected chi connectivity index (χ2v) is 8.24. The van der Waals surface area contributed by atoms with Crippen molar-refractivity contribution in [1.29, 1.82) is 0 Å².